The Morgan fingerprint density at radius 2 is 2.00 bits per heavy atom. The molecule has 0 heterocycles. The smallest absolute Gasteiger partial charge is 0.407 e. The minimum Gasteiger partial charge on any atom is -0.491 e. The number of carbonyl (C=O) groups excluding carboxylic acids is 1. The van der Waals surface area contributed by atoms with Crippen LogP contribution >= 0.6 is 0 Å². The maximum Gasteiger partial charge on any atom is 0.407 e. The lowest BCUT2D eigenvalue weighted by molar-refractivity contribution is 0.0475. The lowest BCUT2D eigenvalue weighted by atomic mass is 9.86. The molecule has 0 bridgehead atoms. The van der Waals surface area contributed by atoms with E-state index in [2.05, 4.69) is 10.6 Å². The Morgan fingerprint density at radius 1 is 1.30 bits per heavy atom. The minimum atomic E-state index is -0.495. The average molecular weight is 324 g/mol. The first kappa shape index (κ1) is 17.4. The Bertz CT molecular complexity index is 551. The van der Waals surface area contributed by atoms with Crippen LogP contribution in [0.1, 0.15) is 40.5 Å². The molecule has 1 fully saturated rings. The molecule has 1 aromatic rings. The number of carbonyl (C=O) groups is 1. The molecular weight excluding hydrogens is 299 g/mol. The third kappa shape index (κ3) is 5.30. The SMILES string of the molecule is CCOc1ccc(NC2CC(NC(=O)OC(C)(C)C)C2)cc1F. The summed E-state index contributed by atoms with van der Waals surface area (Å²) in [7, 11) is 0. The highest BCUT2D eigenvalue weighted by Crippen LogP contribution is 2.27. The quantitative estimate of drug-likeness (QED) is 0.867. The highest BCUT2D eigenvalue weighted by Gasteiger charge is 2.31. The molecule has 0 atom stereocenters. The first-order valence-corrected chi connectivity index (χ1v) is 7.95. The number of rotatable bonds is 5. The molecule has 0 aliphatic heterocycles. The summed E-state index contributed by atoms with van der Waals surface area (Å²) < 4.78 is 24.2. The summed E-state index contributed by atoms with van der Waals surface area (Å²) in [5, 5.41) is 6.08. The fraction of sp³-hybridized carbons (Fsp3) is 0.588. The summed E-state index contributed by atoms with van der Waals surface area (Å²) >= 11 is 0. The summed E-state index contributed by atoms with van der Waals surface area (Å²) in [6, 6.07) is 5.15. The van der Waals surface area contributed by atoms with Crippen molar-refractivity contribution in [3.63, 3.8) is 0 Å². The molecule has 2 rings (SSSR count). The summed E-state index contributed by atoms with van der Waals surface area (Å²) in [5.74, 6) is -0.115. The third-order valence-electron chi connectivity index (χ3n) is 3.46. The Kier molecular flexibility index (Phi) is 5.34. The van der Waals surface area contributed by atoms with Crippen LogP contribution in [0.5, 0.6) is 5.75 Å². The third-order valence-corrected chi connectivity index (χ3v) is 3.46. The largest absolute Gasteiger partial charge is 0.491 e. The number of alkyl carbamates (subject to hydrolysis) is 1. The number of halogens is 1. The van der Waals surface area contributed by atoms with E-state index in [-0.39, 0.29) is 23.7 Å². The lowest BCUT2D eigenvalue weighted by Gasteiger charge is -2.37. The maximum absolute atomic E-state index is 13.8. The Balaban J connectivity index is 1.76. The second kappa shape index (κ2) is 7.06. The highest BCUT2D eigenvalue weighted by atomic mass is 19.1. The number of anilines is 1. The van der Waals surface area contributed by atoms with Crippen LogP contribution in [0.25, 0.3) is 0 Å². The van der Waals surface area contributed by atoms with E-state index in [1.807, 2.05) is 27.7 Å². The molecule has 23 heavy (non-hydrogen) atoms. The molecule has 1 amide bonds. The zero-order valence-electron chi connectivity index (χ0n) is 14.1. The van der Waals surface area contributed by atoms with Crippen LogP contribution in [0.2, 0.25) is 0 Å². The van der Waals surface area contributed by atoms with Gasteiger partial charge in [0.25, 0.3) is 0 Å². The molecule has 128 valence electrons. The monoisotopic (exact) mass is 324 g/mol. The molecule has 1 aliphatic rings. The fourth-order valence-electron chi connectivity index (χ4n) is 2.43. The first-order valence-electron chi connectivity index (χ1n) is 7.95. The Hall–Kier alpha value is -1.98. The second-order valence-electron chi connectivity index (χ2n) is 6.73. The van der Waals surface area contributed by atoms with Crippen molar-refractivity contribution >= 4 is 11.8 Å². The molecule has 1 aliphatic carbocycles. The van der Waals surface area contributed by atoms with Crippen LogP contribution in [0.15, 0.2) is 18.2 Å². The van der Waals surface area contributed by atoms with Gasteiger partial charge in [0.1, 0.15) is 5.60 Å². The molecule has 0 radical (unpaired) electrons. The van der Waals surface area contributed by atoms with Gasteiger partial charge >= 0.3 is 6.09 Å². The predicted molar refractivity (Wildman–Crippen MR) is 87.4 cm³/mol. The van der Waals surface area contributed by atoms with Gasteiger partial charge in [-0.2, -0.15) is 0 Å². The van der Waals surface area contributed by atoms with E-state index in [0.29, 0.717) is 12.3 Å². The predicted octanol–water partition coefficient (Wildman–Crippen LogP) is 3.69. The van der Waals surface area contributed by atoms with Gasteiger partial charge < -0.3 is 20.1 Å². The summed E-state index contributed by atoms with van der Waals surface area (Å²) in [6.45, 7) is 7.75. The van der Waals surface area contributed by atoms with Crippen LogP contribution in [0.4, 0.5) is 14.9 Å². The van der Waals surface area contributed by atoms with Crippen molar-refractivity contribution in [3.8, 4) is 5.75 Å². The fourth-order valence-corrected chi connectivity index (χ4v) is 2.43. The normalized spacial score (nSPS) is 20.4. The average Bonchev–Trinajstić information content (AvgIpc) is 2.37. The van der Waals surface area contributed by atoms with E-state index in [0.717, 1.165) is 12.8 Å². The number of ether oxygens (including phenoxy) is 2. The number of hydrogen-bond acceptors (Lipinski definition) is 4. The van der Waals surface area contributed by atoms with Crippen LogP contribution in [-0.2, 0) is 4.74 Å². The van der Waals surface area contributed by atoms with E-state index >= 15 is 0 Å². The van der Waals surface area contributed by atoms with Crippen molar-refractivity contribution in [3.05, 3.63) is 24.0 Å². The number of hydrogen-bond donors (Lipinski definition) is 2. The van der Waals surface area contributed by atoms with Gasteiger partial charge in [-0.05, 0) is 52.7 Å². The van der Waals surface area contributed by atoms with Crippen LogP contribution in [-0.4, -0.2) is 30.4 Å². The minimum absolute atomic E-state index is 0.0925. The maximum atomic E-state index is 13.8. The van der Waals surface area contributed by atoms with E-state index < -0.39 is 11.7 Å². The number of amides is 1. The van der Waals surface area contributed by atoms with Gasteiger partial charge in [0.15, 0.2) is 11.6 Å². The molecule has 0 spiro atoms. The summed E-state index contributed by atoms with van der Waals surface area (Å²) in [5.41, 5.74) is 0.220. The van der Waals surface area contributed by atoms with Gasteiger partial charge in [-0.25, -0.2) is 9.18 Å². The molecule has 5 nitrogen and oxygen atoms in total. The first-order chi connectivity index (χ1) is 10.8. The Labute approximate surface area is 136 Å². The van der Waals surface area contributed by atoms with Gasteiger partial charge in [-0.1, -0.05) is 0 Å². The molecular formula is C17H25FN2O3. The zero-order valence-corrected chi connectivity index (χ0v) is 14.1. The van der Waals surface area contributed by atoms with Gasteiger partial charge in [-0.3, -0.25) is 0 Å². The molecule has 1 aromatic carbocycles. The molecule has 0 saturated heterocycles. The van der Waals surface area contributed by atoms with Crippen molar-refractivity contribution in [2.24, 2.45) is 0 Å². The summed E-state index contributed by atoms with van der Waals surface area (Å²) in [6.07, 6.45) is 1.18. The van der Waals surface area contributed by atoms with Gasteiger partial charge in [0.05, 0.1) is 6.61 Å². The second-order valence-corrected chi connectivity index (χ2v) is 6.73. The van der Waals surface area contributed by atoms with E-state index in [4.69, 9.17) is 9.47 Å². The van der Waals surface area contributed by atoms with Crippen molar-refractivity contribution in [1.82, 2.24) is 5.32 Å². The van der Waals surface area contributed by atoms with Crippen molar-refractivity contribution in [2.75, 3.05) is 11.9 Å². The summed E-state index contributed by atoms with van der Waals surface area (Å²) in [4.78, 5) is 11.7. The van der Waals surface area contributed by atoms with Crippen molar-refractivity contribution in [2.45, 2.75) is 58.2 Å². The highest BCUT2D eigenvalue weighted by molar-refractivity contribution is 5.68. The lowest BCUT2D eigenvalue weighted by Crippen LogP contribution is -2.50. The van der Waals surface area contributed by atoms with Crippen molar-refractivity contribution in [1.29, 1.82) is 0 Å². The molecule has 1 saturated carbocycles. The standard InChI is InChI=1S/C17H25FN2O3/c1-5-22-15-7-6-11(10-14(15)18)19-12-8-13(9-12)20-16(21)23-17(2,3)4/h6-7,10,12-13,19H,5,8-9H2,1-4H3,(H,20,21). The van der Waals surface area contributed by atoms with Crippen LogP contribution in [0, 0.1) is 5.82 Å². The number of nitrogens with one attached hydrogen (secondary N) is 2. The Morgan fingerprint density at radius 3 is 2.57 bits per heavy atom. The van der Waals surface area contributed by atoms with Crippen LogP contribution < -0.4 is 15.4 Å². The molecule has 6 heteroatoms. The molecule has 2 N–H and O–H groups in total. The molecule has 0 unspecified atom stereocenters. The van der Waals surface area contributed by atoms with Gasteiger partial charge in [0, 0.05) is 23.8 Å². The zero-order chi connectivity index (χ0) is 17.0. The topological polar surface area (TPSA) is 59.6 Å². The van der Waals surface area contributed by atoms with E-state index in [1.54, 1.807) is 12.1 Å². The van der Waals surface area contributed by atoms with Crippen LogP contribution in [0.3, 0.4) is 0 Å². The van der Waals surface area contributed by atoms with Gasteiger partial charge in [-0.15, -0.1) is 0 Å². The van der Waals surface area contributed by atoms with E-state index in [9.17, 15) is 9.18 Å². The van der Waals surface area contributed by atoms with Crippen molar-refractivity contribution < 1.29 is 18.7 Å². The molecule has 0 aromatic heterocycles. The van der Waals surface area contributed by atoms with Gasteiger partial charge in [0.2, 0.25) is 0 Å². The number of benzene rings is 1. The van der Waals surface area contributed by atoms with E-state index in [1.165, 1.54) is 6.07 Å².